The second-order valence-corrected chi connectivity index (χ2v) is 6.04. The molecule has 6 nitrogen and oxygen atoms in total. The van der Waals surface area contributed by atoms with E-state index >= 15 is 0 Å². The van der Waals surface area contributed by atoms with Crippen molar-refractivity contribution in [2.75, 3.05) is 20.1 Å². The maximum Gasteiger partial charge on any atom is 0.320 e. The lowest BCUT2D eigenvalue weighted by molar-refractivity contribution is -0.143. The molecule has 1 aliphatic heterocycles. The molecule has 0 radical (unpaired) electrons. The number of amides is 2. The Hall–Kier alpha value is -1.63. The van der Waals surface area contributed by atoms with E-state index in [1.165, 1.54) is 0 Å². The molecule has 0 aromatic carbocycles. The van der Waals surface area contributed by atoms with E-state index in [2.05, 4.69) is 4.98 Å². The molecule has 0 unspecified atom stereocenters. The number of urea groups is 1. The van der Waals surface area contributed by atoms with Gasteiger partial charge in [0.15, 0.2) is 0 Å². The number of hydrogen-bond donors (Lipinski definition) is 1. The molecule has 0 spiro atoms. The van der Waals surface area contributed by atoms with Gasteiger partial charge in [0.25, 0.3) is 0 Å². The summed E-state index contributed by atoms with van der Waals surface area (Å²) < 4.78 is 0. The van der Waals surface area contributed by atoms with Crippen molar-refractivity contribution >= 4 is 23.3 Å². The van der Waals surface area contributed by atoms with Gasteiger partial charge in [-0.05, 0) is 19.8 Å². The summed E-state index contributed by atoms with van der Waals surface area (Å²) in [6, 6.07) is -0.0401. The van der Waals surface area contributed by atoms with E-state index in [1.807, 2.05) is 6.92 Å². The first-order valence-electron chi connectivity index (χ1n) is 6.61. The molecule has 1 aromatic heterocycles. The number of aromatic nitrogens is 1. The van der Waals surface area contributed by atoms with Gasteiger partial charge in [-0.2, -0.15) is 0 Å². The molecule has 0 atom stereocenters. The number of carbonyl (C=O) groups excluding carboxylic acids is 1. The minimum atomic E-state index is -0.759. The number of aliphatic carboxylic acids is 1. The standard InChI is InChI=1S/C13H19N3O3S/c1-9-11(20-8-14-9)7-15(2)13(19)16-5-3-10(4-6-16)12(17)18/h8,10H,3-7H2,1-2H3,(H,17,18). The van der Waals surface area contributed by atoms with Crippen molar-refractivity contribution in [3.63, 3.8) is 0 Å². The van der Waals surface area contributed by atoms with Crippen molar-refractivity contribution in [1.29, 1.82) is 0 Å². The number of carbonyl (C=O) groups is 2. The maximum atomic E-state index is 12.3. The quantitative estimate of drug-likeness (QED) is 0.923. The van der Waals surface area contributed by atoms with Gasteiger partial charge in [-0.25, -0.2) is 9.78 Å². The number of thiazole rings is 1. The van der Waals surface area contributed by atoms with Gasteiger partial charge in [-0.15, -0.1) is 11.3 Å². The molecule has 2 rings (SSSR count). The van der Waals surface area contributed by atoms with Crippen LogP contribution in [0.1, 0.15) is 23.4 Å². The summed E-state index contributed by atoms with van der Waals surface area (Å²) in [6.45, 7) is 3.51. The summed E-state index contributed by atoms with van der Waals surface area (Å²) >= 11 is 1.55. The highest BCUT2D eigenvalue weighted by atomic mass is 32.1. The Bertz CT molecular complexity index is 495. The third-order valence-electron chi connectivity index (χ3n) is 3.67. The summed E-state index contributed by atoms with van der Waals surface area (Å²) in [7, 11) is 1.77. The SMILES string of the molecule is Cc1ncsc1CN(C)C(=O)N1CCC(C(=O)O)CC1. The van der Waals surface area contributed by atoms with Gasteiger partial charge in [0, 0.05) is 25.0 Å². The Morgan fingerprint density at radius 3 is 2.65 bits per heavy atom. The molecule has 110 valence electrons. The molecule has 0 aliphatic carbocycles. The zero-order valence-corrected chi connectivity index (χ0v) is 12.5. The monoisotopic (exact) mass is 297 g/mol. The van der Waals surface area contributed by atoms with Crippen molar-refractivity contribution in [2.24, 2.45) is 5.92 Å². The van der Waals surface area contributed by atoms with Crippen LogP contribution in [0.4, 0.5) is 4.79 Å². The molecule has 1 N–H and O–H groups in total. The third kappa shape index (κ3) is 3.27. The Morgan fingerprint density at radius 2 is 2.15 bits per heavy atom. The Kier molecular flexibility index (Phi) is 4.59. The summed E-state index contributed by atoms with van der Waals surface area (Å²) in [5.41, 5.74) is 2.74. The molecule has 7 heteroatoms. The normalized spacial score (nSPS) is 16.2. The Balaban J connectivity index is 1.88. The highest BCUT2D eigenvalue weighted by Crippen LogP contribution is 2.20. The van der Waals surface area contributed by atoms with Crippen molar-refractivity contribution in [3.8, 4) is 0 Å². The third-order valence-corrected chi connectivity index (χ3v) is 4.59. The van der Waals surface area contributed by atoms with Gasteiger partial charge in [-0.1, -0.05) is 0 Å². The molecular weight excluding hydrogens is 278 g/mol. The van der Waals surface area contributed by atoms with Gasteiger partial charge in [0.1, 0.15) is 0 Å². The Labute approximate surface area is 122 Å². The fourth-order valence-electron chi connectivity index (χ4n) is 2.32. The van der Waals surface area contributed by atoms with E-state index < -0.39 is 5.97 Å². The van der Waals surface area contributed by atoms with Crippen molar-refractivity contribution in [3.05, 3.63) is 16.1 Å². The molecule has 2 amide bonds. The van der Waals surface area contributed by atoms with Crippen LogP contribution in [0, 0.1) is 12.8 Å². The van der Waals surface area contributed by atoms with Crippen LogP contribution in [0.2, 0.25) is 0 Å². The van der Waals surface area contributed by atoms with Crippen LogP contribution < -0.4 is 0 Å². The maximum absolute atomic E-state index is 12.3. The molecule has 0 saturated carbocycles. The number of hydrogen-bond acceptors (Lipinski definition) is 4. The molecule has 1 saturated heterocycles. The van der Waals surface area contributed by atoms with Crippen molar-refractivity contribution < 1.29 is 14.7 Å². The van der Waals surface area contributed by atoms with E-state index in [4.69, 9.17) is 5.11 Å². The van der Waals surface area contributed by atoms with Gasteiger partial charge in [0.05, 0.1) is 23.7 Å². The average Bonchev–Trinajstić information content (AvgIpc) is 2.83. The van der Waals surface area contributed by atoms with E-state index in [-0.39, 0.29) is 11.9 Å². The fraction of sp³-hybridized carbons (Fsp3) is 0.615. The van der Waals surface area contributed by atoms with E-state index in [0.29, 0.717) is 32.5 Å². The number of aryl methyl sites for hydroxylation is 1. The highest BCUT2D eigenvalue weighted by molar-refractivity contribution is 7.09. The van der Waals surface area contributed by atoms with Crippen molar-refractivity contribution in [2.45, 2.75) is 26.3 Å². The summed E-state index contributed by atoms with van der Waals surface area (Å²) in [5, 5.41) is 8.95. The van der Waals surface area contributed by atoms with Crippen LogP contribution in [0.15, 0.2) is 5.51 Å². The minimum Gasteiger partial charge on any atom is -0.481 e. The summed E-state index contributed by atoms with van der Waals surface area (Å²) in [6.07, 6.45) is 1.07. The van der Waals surface area contributed by atoms with Crippen LogP contribution in [0.5, 0.6) is 0 Å². The first kappa shape index (κ1) is 14.8. The van der Waals surface area contributed by atoms with Crippen LogP contribution in [-0.4, -0.2) is 52.0 Å². The predicted octanol–water partition coefficient (Wildman–Crippen LogP) is 1.80. The molecule has 1 fully saturated rings. The van der Waals surface area contributed by atoms with Gasteiger partial charge in [-0.3, -0.25) is 4.79 Å². The second kappa shape index (κ2) is 6.21. The molecule has 1 aliphatic rings. The number of rotatable bonds is 3. The zero-order valence-electron chi connectivity index (χ0n) is 11.7. The number of carboxylic acids is 1. The Morgan fingerprint density at radius 1 is 1.50 bits per heavy atom. The first-order valence-corrected chi connectivity index (χ1v) is 7.48. The largest absolute Gasteiger partial charge is 0.481 e. The smallest absolute Gasteiger partial charge is 0.320 e. The van der Waals surface area contributed by atoms with Crippen LogP contribution >= 0.6 is 11.3 Å². The average molecular weight is 297 g/mol. The number of piperidine rings is 1. The summed E-state index contributed by atoms with van der Waals surface area (Å²) in [4.78, 5) is 31.9. The predicted molar refractivity (Wildman–Crippen MR) is 75.6 cm³/mol. The number of nitrogens with zero attached hydrogens (tertiary/aromatic N) is 3. The van der Waals surface area contributed by atoms with Crippen LogP contribution in [0.25, 0.3) is 0 Å². The van der Waals surface area contributed by atoms with E-state index in [1.54, 1.807) is 33.7 Å². The first-order chi connectivity index (χ1) is 9.49. The second-order valence-electron chi connectivity index (χ2n) is 5.10. The molecule has 1 aromatic rings. The molecular formula is C13H19N3O3S. The van der Waals surface area contributed by atoms with Gasteiger partial charge < -0.3 is 14.9 Å². The zero-order chi connectivity index (χ0) is 14.7. The number of likely N-dealkylation sites (tertiary alicyclic amines) is 1. The summed E-state index contributed by atoms with van der Waals surface area (Å²) in [5.74, 6) is -1.07. The molecule has 2 heterocycles. The lowest BCUT2D eigenvalue weighted by Gasteiger charge is -2.33. The highest BCUT2D eigenvalue weighted by Gasteiger charge is 2.28. The van der Waals surface area contributed by atoms with Crippen LogP contribution in [0.3, 0.4) is 0 Å². The topological polar surface area (TPSA) is 73.7 Å². The van der Waals surface area contributed by atoms with E-state index in [9.17, 15) is 9.59 Å². The fourth-order valence-corrected chi connectivity index (χ4v) is 3.15. The van der Waals surface area contributed by atoms with Gasteiger partial charge >= 0.3 is 12.0 Å². The van der Waals surface area contributed by atoms with E-state index in [0.717, 1.165) is 10.6 Å². The van der Waals surface area contributed by atoms with Gasteiger partial charge in [0.2, 0.25) is 0 Å². The number of carboxylic acid groups (broad SMARTS) is 1. The van der Waals surface area contributed by atoms with Crippen LogP contribution in [-0.2, 0) is 11.3 Å². The molecule has 0 bridgehead atoms. The molecule has 20 heavy (non-hydrogen) atoms. The lowest BCUT2D eigenvalue weighted by atomic mass is 9.97. The lowest BCUT2D eigenvalue weighted by Crippen LogP contribution is -2.45. The minimum absolute atomic E-state index is 0.0401. The van der Waals surface area contributed by atoms with Crippen molar-refractivity contribution in [1.82, 2.24) is 14.8 Å².